The van der Waals surface area contributed by atoms with Gasteiger partial charge >= 0.3 is 0 Å². The number of hydrogen-bond acceptors (Lipinski definition) is 3. The number of rotatable bonds is 5. The predicted octanol–water partition coefficient (Wildman–Crippen LogP) is 2.15. The molecule has 0 aromatic carbocycles. The Hall–Kier alpha value is -0.800. The smallest absolute Gasteiger partial charge is 0.108 e. The van der Waals surface area contributed by atoms with Gasteiger partial charge in [0, 0.05) is 18.0 Å². The van der Waals surface area contributed by atoms with Crippen molar-refractivity contribution in [2.45, 2.75) is 39.2 Å². The lowest BCUT2D eigenvalue weighted by atomic mass is 10.0. The fourth-order valence-corrected chi connectivity index (χ4v) is 1.57. The highest BCUT2D eigenvalue weighted by Crippen LogP contribution is 2.22. The zero-order valence-electron chi connectivity index (χ0n) is 8.34. The first kappa shape index (κ1) is 10.3. The van der Waals surface area contributed by atoms with Gasteiger partial charge in [-0.2, -0.15) is 0 Å². The minimum Gasteiger partial charge on any atom is -0.469 e. The van der Waals surface area contributed by atoms with Gasteiger partial charge in [0.2, 0.25) is 0 Å². The molecule has 0 radical (unpaired) electrons. The number of aryl methyl sites for hydroxylation is 1. The van der Waals surface area contributed by atoms with Crippen LogP contribution in [-0.2, 0) is 6.42 Å². The Balaban J connectivity index is 2.77. The molecule has 0 fully saturated rings. The van der Waals surface area contributed by atoms with Gasteiger partial charge in [-0.05, 0) is 12.5 Å². The predicted molar refractivity (Wildman–Crippen MR) is 53.1 cm³/mol. The number of hydrazine groups is 1. The average Bonchev–Trinajstić information content (AvgIpc) is 2.61. The van der Waals surface area contributed by atoms with Crippen molar-refractivity contribution in [3.05, 3.63) is 23.7 Å². The molecule has 0 aliphatic heterocycles. The van der Waals surface area contributed by atoms with E-state index in [1.807, 2.05) is 6.07 Å². The monoisotopic (exact) mass is 182 g/mol. The van der Waals surface area contributed by atoms with E-state index in [2.05, 4.69) is 19.3 Å². The standard InChI is InChI=1S/C10H18N2O/c1-3-5-9(12-11)8-6-7-13-10(8)4-2/h6-7,9,12H,3-5,11H2,1-2H3. The van der Waals surface area contributed by atoms with E-state index < -0.39 is 0 Å². The molecular formula is C10H18N2O. The Morgan fingerprint density at radius 2 is 2.31 bits per heavy atom. The molecule has 1 heterocycles. The van der Waals surface area contributed by atoms with Gasteiger partial charge in [0.25, 0.3) is 0 Å². The van der Waals surface area contributed by atoms with Crippen molar-refractivity contribution in [3.8, 4) is 0 Å². The van der Waals surface area contributed by atoms with Crippen LogP contribution in [0.2, 0.25) is 0 Å². The van der Waals surface area contributed by atoms with Crippen LogP contribution >= 0.6 is 0 Å². The van der Waals surface area contributed by atoms with Crippen LogP contribution in [0.15, 0.2) is 16.7 Å². The first-order chi connectivity index (χ1) is 6.33. The molecule has 1 atom stereocenters. The SMILES string of the molecule is CCCC(NN)c1ccoc1CC. The first-order valence-corrected chi connectivity index (χ1v) is 4.85. The van der Waals surface area contributed by atoms with Crippen molar-refractivity contribution in [3.63, 3.8) is 0 Å². The van der Waals surface area contributed by atoms with E-state index in [0.29, 0.717) is 0 Å². The van der Waals surface area contributed by atoms with Crippen molar-refractivity contribution < 1.29 is 4.42 Å². The van der Waals surface area contributed by atoms with Crippen LogP contribution in [-0.4, -0.2) is 0 Å². The summed E-state index contributed by atoms with van der Waals surface area (Å²) >= 11 is 0. The van der Waals surface area contributed by atoms with Gasteiger partial charge in [0.05, 0.1) is 6.26 Å². The molecule has 0 spiro atoms. The van der Waals surface area contributed by atoms with E-state index in [4.69, 9.17) is 10.3 Å². The summed E-state index contributed by atoms with van der Waals surface area (Å²) in [6.45, 7) is 4.23. The van der Waals surface area contributed by atoms with E-state index in [-0.39, 0.29) is 6.04 Å². The van der Waals surface area contributed by atoms with E-state index in [9.17, 15) is 0 Å². The maximum absolute atomic E-state index is 5.48. The number of furan rings is 1. The molecule has 74 valence electrons. The molecule has 0 bridgehead atoms. The fraction of sp³-hybridized carbons (Fsp3) is 0.600. The number of hydrogen-bond donors (Lipinski definition) is 2. The molecular weight excluding hydrogens is 164 g/mol. The van der Waals surface area contributed by atoms with Crippen LogP contribution in [0.5, 0.6) is 0 Å². The second kappa shape index (κ2) is 5.04. The Kier molecular flexibility index (Phi) is 3.99. The van der Waals surface area contributed by atoms with E-state index in [1.165, 1.54) is 5.56 Å². The quantitative estimate of drug-likeness (QED) is 0.542. The van der Waals surface area contributed by atoms with E-state index >= 15 is 0 Å². The van der Waals surface area contributed by atoms with E-state index in [0.717, 1.165) is 25.0 Å². The van der Waals surface area contributed by atoms with Gasteiger partial charge in [-0.3, -0.25) is 11.3 Å². The molecule has 0 aliphatic rings. The molecule has 1 aromatic heterocycles. The second-order valence-electron chi connectivity index (χ2n) is 3.16. The lowest BCUT2D eigenvalue weighted by Gasteiger charge is -2.14. The second-order valence-corrected chi connectivity index (χ2v) is 3.16. The largest absolute Gasteiger partial charge is 0.469 e. The first-order valence-electron chi connectivity index (χ1n) is 4.85. The fourth-order valence-electron chi connectivity index (χ4n) is 1.57. The van der Waals surface area contributed by atoms with Gasteiger partial charge in [-0.1, -0.05) is 20.3 Å². The third kappa shape index (κ3) is 2.32. The highest BCUT2D eigenvalue weighted by molar-refractivity contribution is 5.21. The van der Waals surface area contributed by atoms with Gasteiger partial charge in [-0.15, -0.1) is 0 Å². The lowest BCUT2D eigenvalue weighted by Crippen LogP contribution is -2.28. The van der Waals surface area contributed by atoms with Crippen molar-refractivity contribution in [2.24, 2.45) is 5.84 Å². The molecule has 1 rings (SSSR count). The van der Waals surface area contributed by atoms with Gasteiger partial charge < -0.3 is 4.42 Å². The van der Waals surface area contributed by atoms with Gasteiger partial charge in [0.1, 0.15) is 5.76 Å². The zero-order chi connectivity index (χ0) is 9.68. The molecule has 1 unspecified atom stereocenters. The summed E-state index contributed by atoms with van der Waals surface area (Å²) in [5.41, 5.74) is 4.02. The van der Waals surface area contributed by atoms with Crippen molar-refractivity contribution >= 4 is 0 Å². The molecule has 3 nitrogen and oxygen atoms in total. The van der Waals surface area contributed by atoms with Crippen molar-refractivity contribution in [1.29, 1.82) is 0 Å². The summed E-state index contributed by atoms with van der Waals surface area (Å²) in [5, 5.41) is 0. The van der Waals surface area contributed by atoms with Crippen LogP contribution in [0, 0.1) is 0 Å². The molecule has 3 heteroatoms. The van der Waals surface area contributed by atoms with Gasteiger partial charge in [-0.25, -0.2) is 0 Å². The maximum atomic E-state index is 5.48. The molecule has 1 aromatic rings. The van der Waals surface area contributed by atoms with Gasteiger partial charge in [0.15, 0.2) is 0 Å². The minimum atomic E-state index is 0.235. The topological polar surface area (TPSA) is 51.2 Å². The molecule has 13 heavy (non-hydrogen) atoms. The molecule has 0 saturated heterocycles. The molecule has 0 saturated carbocycles. The summed E-state index contributed by atoms with van der Waals surface area (Å²) in [4.78, 5) is 0. The normalized spacial score (nSPS) is 13.2. The maximum Gasteiger partial charge on any atom is 0.108 e. The highest BCUT2D eigenvalue weighted by atomic mass is 16.3. The van der Waals surface area contributed by atoms with Crippen LogP contribution in [0.25, 0.3) is 0 Å². The summed E-state index contributed by atoms with van der Waals surface area (Å²) in [6, 6.07) is 2.23. The third-order valence-corrected chi connectivity index (χ3v) is 2.25. The Bertz CT molecular complexity index is 245. The molecule has 0 aliphatic carbocycles. The zero-order valence-corrected chi connectivity index (χ0v) is 8.34. The average molecular weight is 182 g/mol. The van der Waals surface area contributed by atoms with Crippen LogP contribution in [0.1, 0.15) is 44.1 Å². The Labute approximate surface area is 79.3 Å². The summed E-state index contributed by atoms with van der Waals surface area (Å²) in [6.07, 6.45) is 4.81. The summed E-state index contributed by atoms with van der Waals surface area (Å²) in [7, 11) is 0. The van der Waals surface area contributed by atoms with Crippen LogP contribution in [0.3, 0.4) is 0 Å². The summed E-state index contributed by atoms with van der Waals surface area (Å²) in [5.74, 6) is 6.52. The third-order valence-electron chi connectivity index (χ3n) is 2.25. The highest BCUT2D eigenvalue weighted by Gasteiger charge is 2.14. The minimum absolute atomic E-state index is 0.235. The number of nitrogens with two attached hydrogens (primary N) is 1. The summed E-state index contributed by atoms with van der Waals surface area (Å²) < 4.78 is 5.35. The van der Waals surface area contributed by atoms with Crippen LogP contribution in [0.4, 0.5) is 0 Å². The Morgan fingerprint density at radius 1 is 1.54 bits per heavy atom. The number of nitrogens with one attached hydrogen (secondary N) is 1. The molecule has 0 amide bonds. The molecule has 3 N–H and O–H groups in total. The van der Waals surface area contributed by atoms with E-state index in [1.54, 1.807) is 6.26 Å². The van der Waals surface area contributed by atoms with Crippen molar-refractivity contribution in [1.82, 2.24) is 5.43 Å². The van der Waals surface area contributed by atoms with Crippen LogP contribution < -0.4 is 11.3 Å². The Morgan fingerprint density at radius 3 is 2.85 bits per heavy atom. The van der Waals surface area contributed by atoms with Crippen molar-refractivity contribution in [2.75, 3.05) is 0 Å². The lowest BCUT2D eigenvalue weighted by molar-refractivity contribution is 0.472.